The number of halogens is 3. The first-order valence-electron chi connectivity index (χ1n) is 6.69. The van der Waals surface area contributed by atoms with Crippen molar-refractivity contribution in [1.82, 2.24) is 4.98 Å². The predicted molar refractivity (Wildman–Crippen MR) is 86.8 cm³/mol. The molecule has 0 aliphatic carbocycles. The number of rotatable bonds is 5. The van der Waals surface area contributed by atoms with E-state index >= 15 is 0 Å². The van der Waals surface area contributed by atoms with Crippen LogP contribution >= 0.6 is 23.4 Å². The molecule has 1 aromatic carbocycles. The summed E-state index contributed by atoms with van der Waals surface area (Å²) >= 11 is 7.44. The second-order valence-corrected chi connectivity index (χ2v) is 6.60. The van der Waals surface area contributed by atoms with Crippen molar-refractivity contribution in [2.24, 2.45) is 0 Å². The van der Waals surface area contributed by atoms with Crippen molar-refractivity contribution < 1.29 is 18.6 Å². The average Bonchev–Trinajstić information content (AvgIpc) is 3.26. The highest BCUT2D eigenvalue weighted by atomic mass is 35.5. The van der Waals surface area contributed by atoms with Crippen LogP contribution in [0.2, 0.25) is 5.02 Å². The minimum atomic E-state index is -3.48. The number of hydrogen-bond acceptors (Lipinski definition) is 4. The third kappa shape index (κ3) is 3.65. The zero-order valence-corrected chi connectivity index (χ0v) is 13.3. The lowest BCUT2D eigenvalue weighted by atomic mass is 10.1. The molecule has 2 heterocycles. The van der Waals surface area contributed by atoms with Gasteiger partial charge in [0.15, 0.2) is 0 Å². The van der Waals surface area contributed by atoms with Crippen molar-refractivity contribution in [3.05, 3.63) is 59.9 Å². The molecule has 3 nitrogen and oxygen atoms in total. The predicted octanol–water partition coefficient (Wildman–Crippen LogP) is 4.67. The maximum atomic E-state index is 13.2. The minimum absolute atomic E-state index is 0.0145. The summed E-state index contributed by atoms with van der Waals surface area (Å²) in [7, 11) is 0. The molecule has 0 spiro atoms. The van der Waals surface area contributed by atoms with Gasteiger partial charge in [-0.1, -0.05) is 24.2 Å². The Kier molecular flexibility index (Phi) is 4.31. The first kappa shape index (κ1) is 16.2. The molecule has 2 unspecified atom stereocenters. The Balaban J connectivity index is 1.87. The minimum Gasteiger partial charge on any atom is -0.428 e. The number of pyridine rings is 1. The maximum Gasteiger partial charge on any atom is 0.419 e. The summed E-state index contributed by atoms with van der Waals surface area (Å²) in [5.41, 5.74) is 1.93. The van der Waals surface area contributed by atoms with Crippen molar-refractivity contribution in [3.63, 3.8) is 0 Å². The molecule has 0 bridgehead atoms. The van der Waals surface area contributed by atoms with Crippen LogP contribution in [0.15, 0.2) is 49.2 Å². The lowest BCUT2D eigenvalue weighted by molar-refractivity contribution is -0.131. The molecule has 120 valence electrons. The molecule has 2 atom stereocenters. The van der Waals surface area contributed by atoms with Gasteiger partial charge in [0.25, 0.3) is 0 Å². The van der Waals surface area contributed by atoms with Crippen LogP contribution in [0.5, 0.6) is 5.75 Å². The number of nitrogens with zero attached hydrogens (tertiary/aromatic N) is 1. The topological polar surface area (TPSA) is 42.4 Å². The highest BCUT2D eigenvalue weighted by Crippen LogP contribution is 2.52. The van der Waals surface area contributed by atoms with E-state index in [1.165, 1.54) is 17.8 Å². The molecule has 7 heteroatoms. The van der Waals surface area contributed by atoms with Gasteiger partial charge in [0.05, 0.1) is 16.0 Å². The zero-order chi connectivity index (χ0) is 16.6. The molecule has 2 aromatic rings. The second-order valence-electron chi connectivity index (χ2n) is 4.93. The largest absolute Gasteiger partial charge is 0.428 e. The summed E-state index contributed by atoms with van der Waals surface area (Å²) in [6, 6.07) is 8.20. The van der Waals surface area contributed by atoms with Gasteiger partial charge in [0.1, 0.15) is 11.2 Å². The van der Waals surface area contributed by atoms with E-state index in [1.54, 1.807) is 24.4 Å². The van der Waals surface area contributed by atoms with Crippen LogP contribution in [0.1, 0.15) is 10.9 Å². The second kappa shape index (κ2) is 6.11. The molecular formula is C16H12ClF2NO2S. The van der Waals surface area contributed by atoms with E-state index in [-0.39, 0.29) is 16.0 Å². The summed E-state index contributed by atoms with van der Waals surface area (Å²) in [5.74, 6) is -0.122. The van der Waals surface area contributed by atoms with Crippen LogP contribution in [0, 0.1) is 0 Å². The van der Waals surface area contributed by atoms with Crippen LogP contribution in [-0.2, 0) is 0 Å². The third-order valence-corrected chi connectivity index (χ3v) is 4.61. The van der Waals surface area contributed by atoms with E-state index < -0.39 is 11.5 Å². The maximum absolute atomic E-state index is 13.2. The van der Waals surface area contributed by atoms with E-state index in [9.17, 15) is 13.9 Å². The Hall–Kier alpha value is -1.63. The molecule has 1 N–H and O–H groups in total. The van der Waals surface area contributed by atoms with Crippen LogP contribution in [0.3, 0.4) is 0 Å². The fourth-order valence-electron chi connectivity index (χ4n) is 2.06. The van der Waals surface area contributed by atoms with Gasteiger partial charge in [-0.2, -0.15) is 8.78 Å². The van der Waals surface area contributed by atoms with Gasteiger partial charge in [-0.25, -0.2) is 0 Å². The molecule has 0 amide bonds. The number of hydrogen-bond donors (Lipinski definition) is 1. The van der Waals surface area contributed by atoms with E-state index in [0.717, 1.165) is 16.8 Å². The highest BCUT2D eigenvalue weighted by Gasteiger charge is 2.39. The summed E-state index contributed by atoms with van der Waals surface area (Å²) in [6.07, 6.45) is -1.43. The zero-order valence-electron chi connectivity index (χ0n) is 11.7. The molecule has 0 radical (unpaired) electrons. The third-order valence-electron chi connectivity index (χ3n) is 3.29. The van der Waals surface area contributed by atoms with Gasteiger partial charge >= 0.3 is 6.11 Å². The fraction of sp³-hybridized carbons (Fsp3) is 0.188. The quantitative estimate of drug-likeness (QED) is 0.625. The molecule has 0 saturated carbocycles. The van der Waals surface area contributed by atoms with Gasteiger partial charge < -0.3 is 9.84 Å². The normalized spacial score (nSPS) is 20.2. The molecule has 1 fully saturated rings. The van der Waals surface area contributed by atoms with Crippen molar-refractivity contribution in [2.45, 2.75) is 16.8 Å². The lowest BCUT2D eigenvalue weighted by Crippen LogP contribution is -2.20. The fourth-order valence-corrected chi connectivity index (χ4v) is 2.89. The van der Waals surface area contributed by atoms with Crippen LogP contribution in [0.4, 0.5) is 8.78 Å². The van der Waals surface area contributed by atoms with Crippen molar-refractivity contribution in [3.8, 4) is 16.9 Å². The van der Waals surface area contributed by atoms with E-state index in [2.05, 4.69) is 16.3 Å². The molecule has 1 aromatic heterocycles. The summed E-state index contributed by atoms with van der Waals surface area (Å²) in [6.45, 7) is 3.01. The first-order valence-corrected chi connectivity index (χ1v) is 8.01. The first-order chi connectivity index (χ1) is 10.9. The van der Waals surface area contributed by atoms with Gasteiger partial charge in [-0.05, 0) is 35.4 Å². The molecule has 1 aliphatic heterocycles. The molecule has 1 saturated heterocycles. The number of aliphatic hydroxyl groups is 1. The lowest BCUT2D eigenvalue weighted by Gasteiger charge is -2.15. The monoisotopic (exact) mass is 355 g/mol. The molecule has 3 rings (SSSR count). The smallest absolute Gasteiger partial charge is 0.419 e. The van der Waals surface area contributed by atoms with Crippen molar-refractivity contribution in [1.29, 1.82) is 0 Å². The van der Waals surface area contributed by atoms with Crippen LogP contribution in [-0.4, -0.2) is 21.6 Å². The van der Waals surface area contributed by atoms with Crippen LogP contribution in [0.25, 0.3) is 11.1 Å². The molecule has 1 aliphatic rings. The van der Waals surface area contributed by atoms with Crippen molar-refractivity contribution in [2.75, 3.05) is 0 Å². The van der Waals surface area contributed by atoms with Crippen molar-refractivity contribution >= 4 is 23.4 Å². The Morgan fingerprint density at radius 2 is 2.00 bits per heavy atom. The number of alkyl halides is 2. The van der Waals surface area contributed by atoms with Gasteiger partial charge in [0.2, 0.25) is 0 Å². The summed E-state index contributed by atoms with van der Waals surface area (Å²) < 4.78 is 30.9. The van der Waals surface area contributed by atoms with Gasteiger partial charge in [-0.3, -0.25) is 4.98 Å². The number of thioether (sulfide) groups is 1. The number of benzene rings is 1. The number of aliphatic hydroxyl groups excluding tert-OH is 1. The molecule has 23 heavy (non-hydrogen) atoms. The highest BCUT2D eigenvalue weighted by molar-refractivity contribution is 8.06. The Bertz CT molecular complexity index is 757. The Morgan fingerprint density at radius 3 is 2.61 bits per heavy atom. The van der Waals surface area contributed by atoms with E-state index in [1.807, 2.05) is 6.07 Å². The Labute approximate surface area is 141 Å². The van der Waals surface area contributed by atoms with Gasteiger partial charge in [-0.15, -0.1) is 11.8 Å². The van der Waals surface area contributed by atoms with E-state index in [0.29, 0.717) is 6.08 Å². The SMILES string of the molecule is C=CC(F)(F)Oc1ccc(-c2ccnc(C3SC3O)c2)cc1Cl. The van der Waals surface area contributed by atoms with E-state index in [4.69, 9.17) is 11.6 Å². The number of aromatic nitrogens is 1. The molecular weight excluding hydrogens is 344 g/mol. The Morgan fingerprint density at radius 1 is 1.30 bits per heavy atom. The standard InChI is InChI=1S/C16H12ClF2NO2S/c1-2-16(18,19)22-13-4-3-9(7-11(13)17)10-5-6-20-12(8-10)14-15(21)23-14/h2-8,14-15,21H,1H2. The summed E-state index contributed by atoms with van der Waals surface area (Å²) in [4.78, 5) is 4.23. The summed E-state index contributed by atoms with van der Waals surface area (Å²) in [5, 5.41) is 9.52. The van der Waals surface area contributed by atoms with Crippen LogP contribution < -0.4 is 4.74 Å². The van der Waals surface area contributed by atoms with Gasteiger partial charge in [0, 0.05) is 12.3 Å². The average molecular weight is 356 g/mol. The number of ether oxygens (including phenoxy) is 1.